The third-order valence-corrected chi connectivity index (χ3v) is 2.59. The van der Waals surface area contributed by atoms with Crippen LogP contribution in [0.2, 0.25) is 5.15 Å². The molecule has 0 fully saturated rings. The zero-order chi connectivity index (χ0) is 11.5. The lowest BCUT2D eigenvalue weighted by Gasteiger charge is -1.94. The molecule has 0 bridgehead atoms. The van der Waals surface area contributed by atoms with Crippen LogP contribution in [0.15, 0.2) is 24.4 Å². The van der Waals surface area contributed by atoms with Crippen molar-refractivity contribution in [1.82, 2.24) is 9.36 Å². The van der Waals surface area contributed by atoms with Crippen LogP contribution in [0.5, 0.6) is 5.06 Å². The molecule has 1 N–H and O–H groups in total. The highest BCUT2D eigenvalue weighted by molar-refractivity contribution is 7.08. The van der Waals surface area contributed by atoms with Gasteiger partial charge in [-0.15, -0.1) is 0 Å². The first-order valence-electron chi connectivity index (χ1n) is 4.14. The van der Waals surface area contributed by atoms with Crippen molar-refractivity contribution in [2.24, 2.45) is 0 Å². The molecule has 0 aliphatic rings. The minimum Gasteiger partial charge on any atom is -0.449 e. The third kappa shape index (κ3) is 2.47. The van der Waals surface area contributed by atoms with Crippen molar-refractivity contribution >= 4 is 29.3 Å². The predicted octanol–water partition coefficient (Wildman–Crippen LogP) is 2.92. The fourth-order valence-corrected chi connectivity index (χ4v) is 1.79. The quantitative estimate of drug-likeness (QED) is 0.661. The Morgan fingerprint density at radius 2 is 2.31 bits per heavy atom. The van der Waals surface area contributed by atoms with Crippen molar-refractivity contribution in [3.05, 3.63) is 29.5 Å². The molecule has 82 valence electrons. The van der Waals surface area contributed by atoms with Crippen molar-refractivity contribution < 1.29 is 14.6 Å². The summed E-state index contributed by atoms with van der Waals surface area (Å²) in [5.74, 6) is 0. The van der Waals surface area contributed by atoms with Crippen molar-refractivity contribution in [3.63, 3.8) is 0 Å². The molecule has 7 heteroatoms. The van der Waals surface area contributed by atoms with Crippen molar-refractivity contribution in [1.29, 1.82) is 0 Å². The molecule has 0 spiro atoms. The van der Waals surface area contributed by atoms with E-state index in [1.807, 2.05) is 0 Å². The second kappa shape index (κ2) is 4.46. The first kappa shape index (κ1) is 10.8. The van der Waals surface area contributed by atoms with E-state index < -0.39 is 6.16 Å². The Hall–Kier alpha value is -1.66. The fourth-order valence-electron chi connectivity index (χ4n) is 1.06. The van der Waals surface area contributed by atoms with Crippen molar-refractivity contribution in [3.8, 4) is 16.3 Å². The maximum absolute atomic E-state index is 10.3. The van der Waals surface area contributed by atoms with E-state index in [9.17, 15) is 4.79 Å². The Morgan fingerprint density at radius 1 is 1.50 bits per heavy atom. The molecule has 2 heterocycles. The van der Waals surface area contributed by atoms with Crippen LogP contribution in [0.1, 0.15) is 0 Å². The highest BCUT2D eigenvalue weighted by atomic mass is 35.5. The molecule has 0 aliphatic heterocycles. The van der Waals surface area contributed by atoms with Crippen molar-refractivity contribution in [2.75, 3.05) is 0 Å². The minimum absolute atomic E-state index is 0.220. The Labute approximate surface area is 99.4 Å². The molecular formula is C9H5ClN2O3S. The molecule has 0 aliphatic carbocycles. The van der Waals surface area contributed by atoms with E-state index in [0.29, 0.717) is 10.8 Å². The van der Waals surface area contributed by atoms with E-state index >= 15 is 0 Å². The number of rotatable bonds is 2. The number of pyridine rings is 1. The van der Waals surface area contributed by atoms with Gasteiger partial charge in [-0.2, -0.15) is 4.37 Å². The molecule has 16 heavy (non-hydrogen) atoms. The summed E-state index contributed by atoms with van der Waals surface area (Å²) in [5, 5.41) is 9.02. The Bertz CT molecular complexity index is 512. The number of carbonyl (C=O) groups is 1. The van der Waals surface area contributed by atoms with Gasteiger partial charge in [0.05, 0.1) is 5.69 Å². The highest BCUT2D eigenvalue weighted by Gasteiger charge is 2.08. The predicted molar refractivity (Wildman–Crippen MR) is 59.0 cm³/mol. The Kier molecular flexibility index (Phi) is 3.02. The molecule has 0 aromatic carbocycles. The van der Waals surface area contributed by atoms with Gasteiger partial charge < -0.3 is 9.84 Å². The SMILES string of the molecule is O=C(O)Oc1cc(-c2ccc(Cl)nc2)ns1. The van der Waals surface area contributed by atoms with Crippen molar-refractivity contribution in [2.45, 2.75) is 0 Å². The lowest BCUT2D eigenvalue weighted by molar-refractivity contribution is 0.146. The molecular weight excluding hydrogens is 252 g/mol. The van der Waals surface area contributed by atoms with E-state index in [1.54, 1.807) is 18.3 Å². The molecule has 5 nitrogen and oxygen atoms in total. The van der Waals surface area contributed by atoms with Gasteiger partial charge in [0.2, 0.25) is 5.06 Å². The van der Waals surface area contributed by atoms with Crippen LogP contribution in [0.25, 0.3) is 11.3 Å². The summed E-state index contributed by atoms with van der Waals surface area (Å²) in [5.41, 5.74) is 1.35. The first-order valence-corrected chi connectivity index (χ1v) is 5.30. The van der Waals surface area contributed by atoms with Crippen LogP contribution in [-0.2, 0) is 0 Å². The minimum atomic E-state index is -1.36. The van der Waals surface area contributed by atoms with Crippen LogP contribution in [0, 0.1) is 0 Å². The maximum atomic E-state index is 10.3. The molecule has 2 aromatic heterocycles. The number of hydrogen-bond acceptors (Lipinski definition) is 5. The average molecular weight is 257 g/mol. The molecule has 0 atom stereocenters. The van der Waals surface area contributed by atoms with Gasteiger partial charge in [0.15, 0.2) is 0 Å². The summed E-state index contributed by atoms with van der Waals surface area (Å²) < 4.78 is 8.51. The summed E-state index contributed by atoms with van der Waals surface area (Å²) in [4.78, 5) is 14.2. The number of ether oxygens (including phenoxy) is 1. The normalized spacial score (nSPS) is 10.1. The lowest BCUT2D eigenvalue weighted by atomic mass is 10.2. The zero-order valence-electron chi connectivity index (χ0n) is 7.75. The fraction of sp³-hybridized carbons (Fsp3) is 0. The highest BCUT2D eigenvalue weighted by Crippen LogP contribution is 2.27. The van der Waals surface area contributed by atoms with E-state index in [2.05, 4.69) is 14.1 Å². The maximum Gasteiger partial charge on any atom is 0.512 e. The average Bonchev–Trinajstić information content (AvgIpc) is 2.66. The number of nitrogens with zero attached hydrogens (tertiary/aromatic N) is 2. The zero-order valence-corrected chi connectivity index (χ0v) is 9.33. The number of carboxylic acid groups (broad SMARTS) is 1. The van der Waals surface area contributed by atoms with Crippen LogP contribution in [-0.4, -0.2) is 20.6 Å². The number of hydrogen-bond donors (Lipinski definition) is 1. The molecule has 0 saturated carbocycles. The molecule has 2 rings (SSSR count). The van der Waals surface area contributed by atoms with Crippen LogP contribution in [0.3, 0.4) is 0 Å². The second-order valence-corrected chi connectivity index (χ2v) is 3.92. The molecule has 0 radical (unpaired) electrons. The van der Waals surface area contributed by atoms with Crippen LogP contribution >= 0.6 is 23.1 Å². The smallest absolute Gasteiger partial charge is 0.449 e. The molecule has 0 unspecified atom stereocenters. The van der Waals surface area contributed by atoms with Gasteiger partial charge in [0, 0.05) is 29.4 Å². The van der Waals surface area contributed by atoms with E-state index in [1.165, 1.54) is 6.07 Å². The van der Waals surface area contributed by atoms with Gasteiger partial charge in [0.25, 0.3) is 0 Å². The van der Waals surface area contributed by atoms with Gasteiger partial charge in [-0.3, -0.25) is 0 Å². The van der Waals surface area contributed by atoms with Gasteiger partial charge in [-0.1, -0.05) is 11.6 Å². The lowest BCUT2D eigenvalue weighted by Crippen LogP contribution is -2.00. The number of halogens is 1. The summed E-state index contributed by atoms with van der Waals surface area (Å²) in [7, 11) is 0. The largest absolute Gasteiger partial charge is 0.512 e. The standard InChI is InChI=1S/C9H5ClN2O3S/c10-7-2-1-5(4-11-7)6-3-8(16-12-6)15-9(13)14/h1-4H,(H,13,14). The molecule has 2 aromatic rings. The summed E-state index contributed by atoms with van der Waals surface area (Å²) in [6, 6.07) is 4.91. The summed E-state index contributed by atoms with van der Waals surface area (Å²) in [6.45, 7) is 0. The van der Waals surface area contributed by atoms with E-state index in [-0.39, 0.29) is 5.06 Å². The van der Waals surface area contributed by atoms with Gasteiger partial charge >= 0.3 is 6.16 Å². The summed E-state index contributed by atoms with van der Waals surface area (Å²) >= 11 is 6.60. The second-order valence-electron chi connectivity index (χ2n) is 2.77. The van der Waals surface area contributed by atoms with Crippen LogP contribution < -0.4 is 4.74 Å². The number of aromatic nitrogens is 2. The van der Waals surface area contributed by atoms with Gasteiger partial charge in [-0.25, -0.2) is 9.78 Å². The topological polar surface area (TPSA) is 72.3 Å². The van der Waals surface area contributed by atoms with Gasteiger partial charge in [-0.05, 0) is 12.1 Å². The van der Waals surface area contributed by atoms with Gasteiger partial charge in [0.1, 0.15) is 5.15 Å². The third-order valence-electron chi connectivity index (χ3n) is 1.70. The first-order chi connectivity index (χ1) is 7.65. The molecule has 0 saturated heterocycles. The van der Waals surface area contributed by atoms with Crippen LogP contribution in [0.4, 0.5) is 4.79 Å². The van der Waals surface area contributed by atoms with E-state index in [4.69, 9.17) is 16.7 Å². The Balaban J connectivity index is 2.24. The molecule has 0 amide bonds. The summed E-state index contributed by atoms with van der Waals surface area (Å²) in [6.07, 6.45) is 0.200. The van der Waals surface area contributed by atoms with E-state index in [0.717, 1.165) is 17.1 Å². The Morgan fingerprint density at radius 3 is 2.94 bits per heavy atom. The monoisotopic (exact) mass is 256 g/mol.